The predicted molar refractivity (Wildman–Crippen MR) is 70.9 cm³/mol. The number of carbonyl (C=O) groups is 2. The van der Waals surface area contributed by atoms with E-state index in [0.29, 0.717) is 13.0 Å². The highest BCUT2D eigenvalue weighted by Gasteiger charge is 2.10. The molecule has 5 heteroatoms. The summed E-state index contributed by atoms with van der Waals surface area (Å²) in [4.78, 5) is 22.0. The number of carbonyl (C=O) groups excluding carboxylic acids is 1. The zero-order valence-electron chi connectivity index (χ0n) is 10.9. The van der Waals surface area contributed by atoms with Gasteiger partial charge >= 0.3 is 5.97 Å². The second kappa shape index (κ2) is 7.41. The van der Waals surface area contributed by atoms with Crippen molar-refractivity contribution in [2.24, 2.45) is 5.92 Å². The standard InChI is InChI=1S/C14H19NO4/c1-10(8-14(18)19)9-15-13(17)7-6-11-4-2-3-5-12(11)16/h2-5,10,16H,6-9H2,1H3,(H,15,17)(H,18,19). The van der Waals surface area contributed by atoms with Gasteiger partial charge in [-0.25, -0.2) is 0 Å². The first-order chi connectivity index (χ1) is 8.99. The third-order valence-electron chi connectivity index (χ3n) is 2.78. The second-order valence-corrected chi connectivity index (χ2v) is 4.64. The Balaban J connectivity index is 2.29. The Kier molecular flexibility index (Phi) is 5.85. The number of phenolic OH excluding ortho intramolecular Hbond substituents is 1. The molecule has 0 radical (unpaired) electrons. The van der Waals surface area contributed by atoms with Gasteiger partial charge in [0.1, 0.15) is 5.75 Å². The van der Waals surface area contributed by atoms with Gasteiger partial charge in [0, 0.05) is 19.4 Å². The van der Waals surface area contributed by atoms with E-state index < -0.39 is 5.97 Å². The fourth-order valence-electron chi connectivity index (χ4n) is 1.72. The maximum atomic E-state index is 11.6. The number of rotatable bonds is 7. The minimum absolute atomic E-state index is 0.0414. The fourth-order valence-corrected chi connectivity index (χ4v) is 1.72. The lowest BCUT2D eigenvalue weighted by molar-refractivity contribution is -0.138. The van der Waals surface area contributed by atoms with Gasteiger partial charge in [-0.2, -0.15) is 0 Å². The molecule has 1 amide bonds. The second-order valence-electron chi connectivity index (χ2n) is 4.64. The van der Waals surface area contributed by atoms with Gasteiger partial charge in [-0.05, 0) is 24.0 Å². The summed E-state index contributed by atoms with van der Waals surface area (Å²) in [5.74, 6) is -0.905. The van der Waals surface area contributed by atoms with E-state index in [1.807, 2.05) is 6.07 Å². The molecule has 19 heavy (non-hydrogen) atoms. The molecule has 104 valence electrons. The molecular formula is C14H19NO4. The molecule has 1 aromatic rings. The van der Waals surface area contributed by atoms with Crippen LogP contribution < -0.4 is 5.32 Å². The lowest BCUT2D eigenvalue weighted by atomic mass is 10.1. The largest absolute Gasteiger partial charge is 0.508 e. The van der Waals surface area contributed by atoms with E-state index in [1.54, 1.807) is 25.1 Å². The summed E-state index contributed by atoms with van der Waals surface area (Å²) in [5.41, 5.74) is 0.733. The van der Waals surface area contributed by atoms with Crippen LogP contribution in [-0.4, -0.2) is 28.6 Å². The number of aliphatic carboxylic acids is 1. The van der Waals surface area contributed by atoms with Crippen molar-refractivity contribution in [3.05, 3.63) is 29.8 Å². The van der Waals surface area contributed by atoms with E-state index in [1.165, 1.54) is 0 Å². The van der Waals surface area contributed by atoms with Crippen LogP contribution in [0.2, 0.25) is 0 Å². The Bertz CT molecular complexity index is 445. The van der Waals surface area contributed by atoms with E-state index in [-0.39, 0.29) is 30.4 Å². The zero-order chi connectivity index (χ0) is 14.3. The topological polar surface area (TPSA) is 86.6 Å². The molecular weight excluding hydrogens is 246 g/mol. The molecule has 1 rings (SSSR count). The summed E-state index contributed by atoms with van der Waals surface area (Å²) in [7, 11) is 0. The normalized spacial score (nSPS) is 11.8. The summed E-state index contributed by atoms with van der Waals surface area (Å²) in [6.07, 6.45) is 0.781. The highest BCUT2D eigenvalue weighted by Crippen LogP contribution is 2.17. The molecule has 0 aromatic heterocycles. The van der Waals surface area contributed by atoms with Gasteiger partial charge < -0.3 is 15.5 Å². The van der Waals surface area contributed by atoms with Crippen LogP contribution in [0.1, 0.15) is 25.3 Å². The summed E-state index contributed by atoms with van der Waals surface area (Å²) in [6, 6.07) is 6.90. The minimum atomic E-state index is -0.865. The van der Waals surface area contributed by atoms with E-state index in [4.69, 9.17) is 5.11 Å². The summed E-state index contributed by atoms with van der Waals surface area (Å²) < 4.78 is 0. The van der Waals surface area contributed by atoms with Crippen molar-refractivity contribution in [1.82, 2.24) is 5.32 Å². The number of hydrogen-bond acceptors (Lipinski definition) is 3. The number of phenols is 1. The average Bonchev–Trinajstić information content (AvgIpc) is 2.34. The lowest BCUT2D eigenvalue weighted by Gasteiger charge is -2.10. The van der Waals surface area contributed by atoms with Crippen molar-refractivity contribution in [3.63, 3.8) is 0 Å². The Morgan fingerprint density at radius 2 is 2.00 bits per heavy atom. The molecule has 0 bridgehead atoms. The van der Waals surface area contributed by atoms with Crippen LogP contribution in [0.15, 0.2) is 24.3 Å². The van der Waals surface area contributed by atoms with Crippen molar-refractivity contribution in [1.29, 1.82) is 0 Å². The highest BCUT2D eigenvalue weighted by atomic mass is 16.4. The molecule has 0 aliphatic carbocycles. The number of nitrogens with one attached hydrogen (secondary N) is 1. The molecule has 1 aromatic carbocycles. The third-order valence-corrected chi connectivity index (χ3v) is 2.78. The number of amides is 1. The number of aryl methyl sites for hydroxylation is 1. The van der Waals surface area contributed by atoms with Gasteiger partial charge in [-0.1, -0.05) is 25.1 Å². The molecule has 0 fully saturated rings. The first kappa shape index (κ1) is 15.0. The Hall–Kier alpha value is -2.04. The number of carboxylic acids is 1. The summed E-state index contributed by atoms with van der Waals surface area (Å²) >= 11 is 0. The third kappa shape index (κ3) is 5.90. The van der Waals surface area contributed by atoms with Gasteiger partial charge in [-0.3, -0.25) is 9.59 Å². The number of aromatic hydroxyl groups is 1. The molecule has 0 saturated heterocycles. The zero-order valence-corrected chi connectivity index (χ0v) is 10.9. The summed E-state index contributed by atoms with van der Waals surface area (Å²) in [6.45, 7) is 2.13. The predicted octanol–water partition coefficient (Wildman–Crippen LogP) is 1.55. The molecule has 1 atom stereocenters. The maximum Gasteiger partial charge on any atom is 0.303 e. The number of benzene rings is 1. The van der Waals surface area contributed by atoms with Crippen LogP contribution in [0.5, 0.6) is 5.75 Å². The van der Waals surface area contributed by atoms with Gasteiger partial charge in [-0.15, -0.1) is 0 Å². The Labute approximate surface area is 112 Å². The smallest absolute Gasteiger partial charge is 0.303 e. The Morgan fingerprint density at radius 1 is 1.32 bits per heavy atom. The minimum Gasteiger partial charge on any atom is -0.508 e. The van der Waals surface area contributed by atoms with E-state index in [9.17, 15) is 14.7 Å². The number of hydrogen-bond donors (Lipinski definition) is 3. The Morgan fingerprint density at radius 3 is 2.63 bits per heavy atom. The lowest BCUT2D eigenvalue weighted by Crippen LogP contribution is -2.29. The quantitative estimate of drug-likeness (QED) is 0.698. The van der Waals surface area contributed by atoms with Crippen LogP contribution in [0.3, 0.4) is 0 Å². The van der Waals surface area contributed by atoms with E-state index in [0.717, 1.165) is 5.56 Å². The fraction of sp³-hybridized carbons (Fsp3) is 0.429. The van der Waals surface area contributed by atoms with Crippen LogP contribution in [0.4, 0.5) is 0 Å². The number of para-hydroxylation sites is 1. The van der Waals surface area contributed by atoms with Crippen LogP contribution in [0.25, 0.3) is 0 Å². The van der Waals surface area contributed by atoms with E-state index in [2.05, 4.69) is 5.32 Å². The molecule has 0 heterocycles. The van der Waals surface area contributed by atoms with Gasteiger partial charge in [0.05, 0.1) is 0 Å². The van der Waals surface area contributed by atoms with Crippen molar-refractivity contribution in [2.45, 2.75) is 26.2 Å². The molecule has 5 nitrogen and oxygen atoms in total. The van der Waals surface area contributed by atoms with Crippen LogP contribution >= 0.6 is 0 Å². The molecule has 3 N–H and O–H groups in total. The monoisotopic (exact) mass is 265 g/mol. The van der Waals surface area contributed by atoms with Crippen molar-refractivity contribution in [3.8, 4) is 5.75 Å². The molecule has 1 unspecified atom stereocenters. The van der Waals surface area contributed by atoms with Gasteiger partial charge in [0.2, 0.25) is 5.91 Å². The average molecular weight is 265 g/mol. The molecule has 0 spiro atoms. The number of carboxylic acid groups (broad SMARTS) is 1. The first-order valence-corrected chi connectivity index (χ1v) is 6.24. The van der Waals surface area contributed by atoms with Gasteiger partial charge in [0.15, 0.2) is 0 Å². The van der Waals surface area contributed by atoms with Crippen molar-refractivity contribution >= 4 is 11.9 Å². The highest BCUT2D eigenvalue weighted by molar-refractivity contribution is 5.76. The molecule has 0 aliphatic rings. The van der Waals surface area contributed by atoms with Crippen molar-refractivity contribution < 1.29 is 19.8 Å². The first-order valence-electron chi connectivity index (χ1n) is 6.24. The van der Waals surface area contributed by atoms with E-state index >= 15 is 0 Å². The van der Waals surface area contributed by atoms with Crippen LogP contribution in [-0.2, 0) is 16.0 Å². The SMILES string of the molecule is CC(CNC(=O)CCc1ccccc1O)CC(=O)O. The van der Waals surface area contributed by atoms with Gasteiger partial charge in [0.25, 0.3) is 0 Å². The molecule has 0 aliphatic heterocycles. The molecule has 0 saturated carbocycles. The van der Waals surface area contributed by atoms with Crippen LogP contribution in [0, 0.1) is 5.92 Å². The van der Waals surface area contributed by atoms with Crippen molar-refractivity contribution in [2.75, 3.05) is 6.54 Å². The summed E-state index contributed by atoms with van der Waals surface area (Å²) in [5, 5.41) is 20.8. The maximum absolute atomic E-state index is 11.6.